The molecule has 35 heavy (non-hydrogen) atoms. The molecule has 3 rings (SSSR count). The lowest BCUT2D eigenvalue weighted by molar-refractivity contribution is 0.204. The number of hydrogen-bond acceptors (Lipinski definition) is 11. The van der Waals surface area contributed by atoms with Crippen LogP contribution in [0.1, 0.15) is 32.0 Å². The molecule has 0 radical (unpaired) electrons. The SMILES string of the molecule is CC1=NNC(=O)N(/N=C/c2cccnc2)C1.CCN(CC)c1nc(C)cc(OP(=S)(OC)OC)n1. The van der Waals surface area contributed by atoms with Gasteiger partial charge < -0.3 is 18.5 Å². The molecule has 14 heteroatoms. The number of carbonyl (C=O) groups is 1. The fourth-order valence-electron chi connectivity index (χ4n) is 2.69. The number of aromatic nitrogens is 3. The van der Waals surface area contributed by atoms with Crippen LogP contribution in [-0.2, 0) is 20.9 Å². The van der Waals surface area contributed by atoms with Gasteiger partial charge in [0.1, 0.15) is 0 Å². The van der Waals surface area contributed by atoms with Crippen molar-refractivity contribution in [2.24, 2.45) is 10.2 Å². The molecule has 0 saturated heterocycles. The van der Waals surface area contributed by atoms with Gasteiger partial charge in [-0.2, -0.15) is 15.2 Å². The molecule has 1 aliphatic rings. The van der Waals surface area contributed by atoms with Crippen LogP contribution in [0.4, 0.5) is 10.7 Å². The van der Waals surface area contributed by atoms with Crippen LogP contribution in [0.5, 0.6) is 5.88 Å². The van der Waals surface area contributed by atoms with E-state index < -0.39 is 6.72 Å². The summed E-state index contributed by atoms with van der Waals surface area (Å²) in [6, 6.07) is 5.06. The summed E-state index contributed by atoms with van der Waals surface area (Å²) in [4.78, 5) is 26.1. The second kappa shape index (κ2) is 13.8. The number of urea groups is 1. The van der Waals surface area contributed by atoms with Crippen LogP contribution in [-0.4, -0.2) is 71.8 Å². The predicted molar refractivity (Wildman–Crippen MR) is 139 cm³/mol. The number of hydrogen-bond donors (Lipinski definition) is 1. The molecule has 2 amide bonds. The standard InChI is InChI=1S/C11H20N3O3PS.C10H11N5O/c1-6-14(7-2)11-12-9(3)8-10(13-11)17-18(19,15-4)16-5;1-8-7-15(10(16)14-13-8)12-6-9-3-2-4-11-5-9/h8H,6-7H2,1-5H3;2-6H,7H2,1H3,(H,14,16)/b;12-6+. The van der Waals surface area contributed by atoms with Crippen LogP contribution < -0.4 is 14.8 Å². The number of amides is 2. The Kier molecular flexibility index (Phi) is 11.1. The summed E-state index contributed by atoms with van der Waals surface area (Å²) in [5, 5.41) is 9.18. The number of hydrazone groups is 2. The molecule has 1 N–H and O–H groups in total. The quantitative estimate of drug-likeness (QED) is 0.390. The molecule has 0 spiro atoms. The second-order valence-electron chi connectivity index (χ2n) is 7.08. The molecule has 0 fully saturated rings. The van der Waals surface area contributed by atoms with Crippen LogP contribution in [0.25, 0.3) is 0 Å². The maximum atomic E-state index is 11.3. The topological polar surface area (TPSA) is 127 Å². The summed E-state index contributed by atoms with van der Waals surface area (Å²) in [6.45, 7) is 7.08. The van der Waals surface area contributed by atoms with Gasteiger partial charge in [0.15, 0.2) is 0 Å². The average molecular weight is 523 g/mol. The zero-order valence-electron chi connectivity index (χ0n) is 20.7. The summed E-state index contributed by atoms with van der Waals surface area (Å²) < 4.78 is 15.7. The number of carbonyl (C=O) groups excluding carboxylic acids is 1. The van der Waals surface area contributed by atoms with E-state index in [4.69, 9.17) is 25.4 Å². The Morgan fingerprint density at radius 1 is 1.26 bits per heavy atom. The van der Waals surface area contributed by atoms with E-state index in [2.05, 4.69) is 30.6 Å². The fourth-order valence-corrected chi connectivity index (χ4v) is 3.54. The lowest BCUT2D eigenvalue weighted by Gasteiger charge is -2.21. The molecule has 190 valence electrons. The molecule has 0 saturated carbocycles. The van der Waals surface area contributed by atoms with Gasteiger partial charge in [-0.15, -0.1) is 0 Å². The van der Waals surface area contributed by atoms with Gasteiger partial charge in [-0.05, 0) is 33.8 Å². The van der Waals surface area contributed by atoms with Gasteiger partial charge in [0, 0.05) is 68.8 Å². The third kappa shape index (κ3) is 8.95. The minimum atomic E-state index is -2.77. The molecular weight excluding hydrogens is 491 g/mol. The number of pyridine rings is 1. The summed E-state index contributed by atoms with van der Waals surface area (Å²) in [6.07, 6.45) is 4.94. The summed E-state index contributed by atoms with van der Waals surface area (Å²) in [5.41, 5.74) is 4.82. The van der Waals surface area contributed by atoms with Gasteiger partial charge in [-0.25, -0.2) is 20.2 Å². The average Bonchev–Trinajstić information content (AvgIpc) is 2.86. The Hall–Kier alpha value is -2.99. The lowest BCUT2D eigenvalue weighted by Crippen LogP contribution is -2.42. The third-order valence-electron chi connectivity index (χ3n) is 4.50. The summed E-state index contributed by atoms with van der Waals surface area (Å²) >= 11 is 5.17. The molecule has 0 aromatic carbocycles. The van der Waals surface area contributed by atoms with Gasteiger partial charge in [-0.1, -0.05) is 6.07 Å². The highest BCUT2D eigenvalue weighted by Crippen LogP contribution is 2.47. The second-order valence-corrected chi connectivity index (χ2v) is 10.2. The first kappa shape index (κ1) is 28.2. The van der Waals surface area contributed by atoms with E-state index in [0.717, 1.165) is 30.1 Å². The molecule has 1 aliphatic heterocycles. The Balaban J connectivity index is 0.000000250. The molecule has 0 bridgehead atoms. The Bertz CT molecular complexity index is 1070. The van der Waals surface area contributed by atoms with E-state index in [0.29, 0.717) is 18.4 Å². The predicted octanol–water partition coefficient (Wildman–Crippen LogP) is 3.34. The van der Waals surface area contributed by atoms with Crippen LogP contribution in [0.2, 0.25) is 0 Å². The largest absolute Gasteiger partial charge is 0.405 e. The fraction of sp³-hybridized carbons (Fsp3) is 0.429. The highest BCUT2D eigenvalue weighted by Gasteiger charge is 2.21. The van der Waals surface area contributed by atoms with E-state index in [1.54, 1.807) is 24.7 Å². The molecule has 0 atom stereocenters. The van der Waals surface area contributed by atoms with Crippen molar-refractivity contribution < 1.29 is 18.4 Å². The van der Waals surface area contributed by atoms with E-state index in [1.807, 2.05) is 44.7 Å². The van der Waals surface area contributed by atoms with Gasteiger partial charge in [0.2, 0.25) is 11.8 Å². The zero-order valence-corrected chi connectivity index (χ0v) is 22.4. The Morgan fingerprint density at radius 2 is 1.97 bits per heavy atom. The van der Waals surface area contributed by atoms with E-state index in [1.165, 1.54) is 19.2 Å². The Labute approximate surface area is 210 Å². The molecule has 3 heterocycles. The van der Waals surface area contributed by atoms with Gasteiger partial charge in [-0.3, -0.25) is 4.98 Å². The molecular formula is C21H31N8O4PS. The first-order chi connectivity index (χ1) is 16.7. The maximum Gasteiger partial charge on any atom is 0.381 e. The summed E-state index contributed by atoms with van der Waals surface area (Å²) in [5.74, 6) is 0.996. The van der Waals surface area contributed by atoms with E-state index in [-0.39, 0.29) is 6.03 Å². The summed E-state index contributed by atoms with van der Waals surface area (Å²) in [7, 11) is 2.92. The van der Waals surface area contributed by atoms with Crippen molar-refractivity contribution in [3.8, 4) is 5.88 Å². The first-order valence-electron chi connectivity index (χ1n) is 10.8. The molecule has 2 aromatic heterocycles. The van der Waals surface area contributed by atoms with Crippen molar-refractivity contribution in [3.05, 3.63) is 41.9 Å². The van der Waals surface area contributed by atoms with E-state index in [9.17, 15) is 4.79 Å². The molecule has 2 aromatic rings. The van der Waals surface area contributed by atoms with Crippen molar-refractivity contribution in [2.45, 2.75) is 27.7 Å². The Morgan fingerprint density at radius 3 is 2.57 bits per heavy atom. The normalized spacial score (nSPS) is 13.6. The van der Waals surface area contributed by atoms with Crippen molar-refractivity contribution >= 4 is 42.4 Å². The van der Waals surface area contributed by atoms with Gasteiger partial charge >= 0.3 is 12.7 Å². The van der Waals surface area contributed by atoms with E-state index >= 15 is 0 Å². The van der Waals surface area contributed by atoms with Gasteiger partial charge in [0.05, 0.1) is 18.5 Å². The smallest absolute Gasteiger partial charge is 0.381 e. The number of anilines is 1. The van der Waals surface area contributed by atoms with Gasteiger partial charge in [0.25, 0.3) is 0 Å². The number of rotatable bonds is 9. The third-order valence-corrected chi connectivity index (χ3v) is 6.93. The highest BCUT2D eigenvalue weighted by molar-refractivity contribution is 8.07. The van der Waals surface area contributed by atoms with Crippen molar-refractivity contribution in [1.29, 1.82) is 0 Å². The lowest BCUT2D eigenvalue weighted by atomic mass is 10.3. The first-order valence-corrected chi connectivity index (χ1v) is 13.4. The molecule has 0 unspecified atom stereocenters. The van der Waals surface area contributed by atoms with Crippen LogP contribution in [0.15, 0.2) is 40.8 Å². The monoisotopic (exact) mass is 522 g/mol. The van der Waals surface area contributed by atoms with Crippen LogP contribution in [0, 0.1) is 6.92 Å². The minimum absolute atomic E-state index is 0.328. The zero-order chi connectivity index (χ0) is 25.8. The number of nitrogens with one attached hydrogen (secondary N) is 1. The van der Waals surface area contributed by atoms with Crippen molar-refractivity contribution in [1.82, 2.24) is 25.4 Å². The van der Waals surface area contributed by atoms with Crippen LogP contribution >= 0.6 is 6.72 Å². The van der Waals surface area contributed by atoms with Crippen LogP contribution in [0.3, 0.4) is 0 Å². The maximum absolute atomic E-state index is 11.3. The highest BCUT2D eigenvalue weighted by atomic mass is 32.5. The van der Waals surface area contributed by atoms with Crippen molar-refractivity contribution in [2.75, 3.05) is 38.8 Å². The molecule has 0 aliphatic carbocycles. The van der Waals surface area contributed by atoms with Crippen molar-refractivity contribution in [3.63, 3.8) is 0 Å². The number of aryl methyl sites for hydroxylation is 1. The molecule has 12 nitrogen and oxygen atoms in total. The number of nitrogens with zero attached hydrogens (tertiary/aromatic N) is 7. The minimum Gasteiger partial charge on any atom is -0.405 e.